The zero-order valence-corrected chi connectivity index (χ0v) is 19.2. The fourth-order valence-electron chi connectivity index (χ4n) is 4.54. The number of hydrogen-bond acceptors (Lipinski definition) is 6. The lowest BCUT2D eigenvalue weighted by molar-refractivity contribution is 0.198. The summed E-state index contributed by atoms with van der Waals surface area (Å²) in [5, 5.41) is 7.17. The van der Waals surface area contributed by atoms with E-state index in [4.69, 9.17) is 4.52 Å². The smallest absolute Gasteiger partial charge is 0.243 e. The van der Waals surface area contributed by atoms with E-state index in [0.29, 0.717) is 29.7 Å². The number of benzene rings is 1. The van der Waals surface area contributed by atoms with Gasteiger partial charge in [0, 0.05) is 43.2 Å². The highest BCUT2D eigenvalue weighted by Crippen LogP contribution is 2.42. The van der Waals surface area contributed by atoms with Crippen LogP contribution in [-0.2, 0) is 10.0 Å². The molecule has 2 aromatic rings. The summed E-state index contributed by atoms with van der Waals surface area (Å²) in [6.45, 7) is 5.57. The molecule has 0 saturated carbocycles. The van der Waals surface area contributed by atoms with Crippen molar-refractivity contribution in [3.05, 3.63) is 36.0 Å². The van der Waals surface area contributed by atoms with Crippen molar-refractivity contribution >= 4 is 34.8 Å². The van der Waals surface area contributed by atoms with Crippen molar-refractivity contribution in [2.45, 2.75) is 11.8 Å². The molecule has 2 unspecified atom stereocenters. The molecule has 0 bridgehead atoms. The van der Waals surface area contributed by atoms with Gasteiger partial charge < -0.3 is 14.7 Å². The second-order valence-corrected chi connectivity index (χ2v) is 9.99. The van der Waals surface area contributed by atoms with Gasteiger partial charge in [-0.2, -0.15) is 4.31 Å². The van der Waals surface area contributed by atoms with Crippen LogP contribution in [-0.4, -0.2) is 69.6 Å². The van der Waals surface area contributed by atoms with Gasteiger partial charge in [0.1, 0.15) is 0 Å². The lowest BCUT2D eigenvalue weighted by atomic mass is 9.81. The second-order valence-electron chi connectivity index (χ2n) is 8.08. The summed E-state index contributed by atoms with van der Waals surface area (Å²) in [5.41, 5.74) is 1.45. The highest BCUT2D eigenvalue weighted by Gasteiger charge is 2.52. The van der Waals surface area contributed by atoms with E-state index in [-0.39, 0.29) is 30.2 Å². The first-order chi connectivity index (χ1) is 12.8. The van der Waals surface area contributed by atoms with Gasteiger partial charge in [-0.25, -0.2) is 8.42 Å². The van der Waals surface area contributed by atoms with Gasteiger partial charge in [-0.1, -0.05) is 17.3 Å². The summed E-state index contributed by atoms with van der Waals surface area (Å²) in [6.07, 6.45) is 1.56. The molecule has 1 N–H and O–H groups in total. The molecule has 1 aromatic heterocycles. The largest absolute Gasteiger partial charge is 0.356 e. The third-order valence-corrected chi connectivity index (χ3v) is 7.76. The van der Waals surface area contributed by atoms with Crippen LogP contribution in [0.5, 0.6) is 0 Å². The van der Waals surface area contributed by atoms with E-state index in [0.717, 1.165) is 30.8 Å². The molecule has 29 heavy (non-hydrogen) atoms. The molecule has 2 atom stereocenters. The average molecular weight is 463 g/mol. The standard InChI is InChI=1S/C19H26N4O3S.2ClH/c1-14-4-5-15(17-6-7-21-26-17)8-18(14)27(24,25)23-10-16-9-20-11-19(16,13-23)12-22(2)3;;/h4-8,16,20H,9-13H2,1-3H3;2*1H. The quantitative estimate of drug-likeness (QED) is 0.733. The van der Waals surface area contributed by atoms with E-state index in [9.17, 15) is 8.42 Å². The second kappa shape index (κ2) is 8.91. The molecule has 2 fully saturated rings. The van der Waals surface area contributed by atoms with Crippen LogP contribution in [0.3, 0.4) is 0 Å². The van der Waals surface area contributed by atoms with Gasteiger partial charge in [0.15, 0.2) is 5.76 Å². The van der Waals surface area contributed by atoms with Gasteiger partial charge in [0.05, 0.1) is 11.1 Å². The van der Waals surface area contributed by atoms with Crippen LogP contribution in [0.25, 0.3) is 11.3 Å². The number of fused-ring (bicyclic) bond motifs is 1. The van der Waals surface area contributed by atoms with Crippen molar-refractivity contribution in [3.8, 4) is 11.3 Å². The maximum absolute atomic E-state index is 13.5. The molecular weight excluding hydrogens is 435 g/mol. The molecule has 0 amide bonds. The van der Waals surface area contributed by atoms with Crippen molar-refractivity contribution in [2.75, 3.05) is 46.8 Å². The van der Waals surface area contributed by atoms with Crippen molar-refractivity contribution in [1.29, 1.82) is 0 Å². The Morgan fingerprint density at radius 3 is 2.72 bits per heavy atom. The number of rotatable bonds is 5. The summed E-state index contributed by atoms with van der Waals surface area (Å²) in [5.74, 6) is 0.908. The fraction of sp³-hybridized carbons (Fsp3) is 0.526. The molecular formula is C19H28Cl2N4O3S. The SMILES string of the molecule is Cc1ccc(-c2ccno2)cc1S(=O)(=O)N1CC2CNCC2(CN(C)C)C1.Cl.Cl. The lowest BCUT2D eigenvalue weighted by Crippen LogP contribution is -2.42. The Morgan fingerprint density at radius 2 is 2.07 bits per heavy atom. The molecule has 4 rings (SSSR count). The van der Waals surface area contributed by atoms with Crippen LogP contribution >= 0.6 is 24.8 Å². The minimum atomic E-state index is -3.57. The first kappa shape index (κ1) is 24.1. The number of hydrogen-bond donors (Lipinski definition) is 1. The van der Waals surface area contributed by atoms with Crippen molar-refractivity contribution in [1.82, 2.24) is 19.7 Å². The van der Waals surface area contributed by atoms with Crippen LogP contribution in [0.1, 0.15) is 5.56 Å². The van der Waals surface area contributed by atoms with E-state index < -0.39 is 10.0 Å². The highest BCUT2D eigenvalue weighted by molar-refractivity contribution is 7.89. The summed E-state index contributed by atoms with van der Waals surface area (Å²) in [6, 6.07) is 7.14. The van der Waals surface area contributed by atoms with Crippen LogP contribution in [0.2, 0.25) is 0 Å². The average Bonchev–Trinajstić information content (AvgIpc) is 3.29. The van der Waals surface area contributed by atoms with E-state index in [2.05, 4.69) is 15.4 Å². The molecule has 162 valence electrons. The minimum absolute atomic E-state index is 0. The zero-order valence-electron chi connectivity index (χ0n) is 16.8. The maximum Gasteiger partial charge on any atom is 0.243 e. The number of nitrogens with zero attached hydrogens (tertiary/aromatic N) is 3. The molecule has 0 aliphatic carbocycles. The number of halogens is 2. The molecule has 3 heterocycles. The monoisotopic (exact) mass is 462 g/mol. The van der Waals surface area contributed by atoms with E-state index >= 15 is 0 Å². The minimum Gasteiger partial charge on any atom is -0.356 e. The van der Waals surface area contributed by atoms with Gasteiger partial charge in [0.2, 0.25) is 10.0 Å². The van der Waals surface area contributed by atoms with Gasteiger partial charge in [-0.15, -0.1) is 24.8 Å². The Balaban J connectivity index is 0.00000150. The topological polar surface area (TPSA) is 78.7 Å². The first-order valence-corrected chi connectivity index (χ1v) is 10.6. The molecule has 0 radical (unpaired) electrons. The van der Waals surface area contributed by atoms with Gasteiger partial charge in [-0.3, -0.25) is 0 Å². The van der Waals surface area contributed by atoms with Crippen molar-refractivity contribution < 1.29 is 12.9 Å². The fourth-order valence-corrected chi connectivity index (χ4v) is 6.38. The van der Waals surface area contributed by atoms with Crippen LogP contribution in [0.4, 0.5) is 0 Å². The van der Waals surface area contributed by atoms with Gasteiger partial charge >= 0.3 is 0 Å². The molecule has 2 aliphatic heterocycles. The third-order valence-electron chi connectivity index (χ3n) is 5.81. The molecule has 7 nitrogen and oxygen atoms in total. The van der Waals surface area contributed by atoms with Gasteiger partial charge in [0.25, 0.3) is 0 Å². The van der Waals surface area contributed by atoms with Crippen LogP contribution in [0, 0.1) is 18.3 Å². The number of sulfonamides is 1. The normalized spacial score (nSPS) is 24.2. The first-order valence-electron chi connectivity index (χ1n) is 9.19. The van der Waals surface area contributed by atoms with Crippen LogP contribution < -0.4 is 5.32 Å². The summed E-state index contributed by atoms with van der Waals surface area (Å²) in [7, 11) is 0.522. The summed E-state index contributed by atoms with van der Waals surface area (Å²) >= 11 is 0. The summed E-state index contributed by atoms with van der Waals surface area (Å²) < 4.78 is 33.8. The van der Waals surface area contributed by atoms with Crippen molar-refractivity contribution in [3.63, 3.8) is 0 Å². The van der Waals surface area contributed by atoms with E-state index in [1.165, 1.54) is 0 Å². The Kier molecular flexibility index (Phi) is 7.41. The Hall–Kier alpha value is -1.16. The Bertz CT molecular complexity index is 937. The number of nitrogens with one attached hydrogen (secondary N) is 1. The van der Waals surface area contributed by atoms with Crippen LogP contribution in [0.15, 0.2) is 39.9 Å². The lowest BCUT2D eigenvalue weighted by Gasteiger charge is -2.31. The maximum atomic E-state index is 13.5. The number of aromatic nitrogens is 1. The summed E-state index contributed by atoms with van der Waals surface area (Å²) in [4.78, 5) is 2.51. The Labute approximate surface area is 184 Å². The number of aryl methyl sites for hydroxylation is 1. The zero-order chi connectivity index (χ0) is 19.2. The van der Waals surface area contributed by atoms with E-state index in [1.54, 1.807) is 22.6 Å². The highest BCUT2D eigenvalue weighted by atomic mass is 35.5. The molecule has 2 saturated heterocycles. The molecule has 1 aromatic carbocycles. The van der Waals surface area contributed by atoms with Gasteiger partial charge in [-0.05, 0) is 45.1 Å². The molecule has 0 spiro atoms. The predicted octanol–water partition coefficient (Wildman–Crippen LogP) is 2.27. The van der Waals surface area contributed by atoms with E-state index in [1.807, 2.05) is 33.2 Å². The third kappa shape index (κ3) is 4.33. The Morgan fingerprint density at radius 1 is 1.31 bits per heavy atom. The predicted molar refractivity (Wildman–Crippen MR) is 117 cm³/mol. The van der Waals surface area contributed by atoms with Crippen molar-refractivity contribution in [2.24, 2.45) is 11.3 Å². The molecule has 10 heteroatoms. The molecule has 2 aliphatic rings.